The van der Waals surface area contributed by atoms with Crippen LogP contribution in [0.25, 0.3) is 0 Å². The van der Waals surface area contributed by atoms with Crippen LogP contribution in [0.1, 0.15) is 37.5 Å². The minimum absolute atomic E-state index is 0.200. The number of nitrogens with two attached hydrogens (primary N) is 1. The molecule has 0 spiro atoms. The van der Waals surface area contributed by atoms with Crippen LogP contribution in [0.3, 0.4) is 0 Å². The van der Waals surface area contributed by atoms with Crippen molar-refractivity contribution in [2.24, 2.45) is 5.73 Å². The Balaban J connectivity index is 2.07. The van der Waals surface area contributed by atoms with Gasteiger partial charge in [0.15, 0.2) is 0 Å². The average Bonchev–Trinajstić information content (AvgIpc) is 2.47. The number of halogens is 1. The van der Waals surface area contributed by atoms with Gasteiger partial charge >= 0.3 is 0 Å². The zero-order chi connectivity index (χ0) is 16.9. The van der Waals surface area contributed by atoms with Crippen molar-refractivity contribution in [3.63, 3.8) is 0 Å². The highest BCUT2D eigenvalue weighted by atomic mass is 79.9. The third-order valence-electron chi connectivity index (χ3n) is 3.97. The summed E-state index contributed by atoms with van der Waals surface area (Å²) in [5.74, 6) is 0. The third kappa shape index (κ3) is 5.76. The van der Waals surface area contributed by atoms with E-state index < -0.39 is 0 Å². The predicted molar refractivity (Wildman–Crippen MR) is 102 cm³/mol. The van der Waals surface area contributed by atoms with Gasteiger partial charge in [0.05, 0.1) is 0 Å². The lowest BCUT2D eigenvalue weighted by atomic mass is 9.87. The summed E-state index contributed by atoms with van der Waals surface area (Å²) in [5, 5.41) is 0. The maximum Gasteiger partial charge on any atom is 0.0238 e. The van der Waals surface area contributed by atoms with Gasteiger partial charge in [-0.1, -0.05) is 73.1 Å². The molecule has 0 amide bonds. The first-order valence-electron chi connectivity index (χ1n) is 8.15. The summed E-state index contributed by atoms with van der Waals surface area (Å²) < 4.78 is 1.12. The molecule has 3 heteroatoms. The highest BCUT2D eigenvalue weighted by molar-refractivity contribution is 9.10. The van der Waals surface area contributed by atoms with Crippen molar-refractivity contribution in [2.45, 2.75) is 39.3 Å². The predicted octanol–water partition coefficient (Wildman–Crippen LogP) is 4.71. The monoisotopic (exact) mass is 374 g/mol. The van der Waals surface area contributed by atoms with E-state index in [1.807, 2.05) is 0 Å². The van der Waals surface area contributed by atoms with Crippen molar-refractivity contribution in [1.29, 1.82) is 0 Å². The van der Waals surface area contributed by atoms with Gasteiger partial charge in [-0.15, -0.1) is 0 Å². The normalized spacial score (nSPS) is 11.9. The number of rotatable bonds is 6. The van der Waals surface area contributed by atoms with E-state index >= 15 is 0 Å². The van der Waals surface area contributed by atoms with Crippen LogP contribution in [0.4, 0.5) is 0 Å². The molecule has 0 unspecified atom stereocenters. The van der Waals surface area contributed by atoms with Crippen LogP contribution >= 0.6 is 15.9 Å². The minimum atomic E-state index is 0.200. The Kier molecular flexibility index (Phi) is 6.40. The lowest BCUT2D eigenvalue weighted by molar-refractivity contribution is 0.264. The van der Waals surface area contributed by atoms with E-state index in [2.05, 4.69) is 90.1 Å². The maximum atomic E-state index is 5.80. The van der Waals surface area contributed by atoms with Crippen molar-refractivity contribution >= 4 is 15.9 Å². The fraction of sp³-hybridized carbons (Fsp3) is 0.400. The average molecular weight is 375 g/mol. The second-order valence-electron chi connectivity index (χ2n) is 7.08. The molecular weight excluding hydrogens is 348 g/mol. The lowest BCUT2D eigenvalue weighted by Crippen LogP contribution is -2.28. The highest BCUT2D eigenvalue weighted by Crippen LogP contribution is 2.23. The fourth-order valence-electron chi connectivity index (χ4n) is 2.66. The number of nitrogens with zero attached hydrogens (tertiary/aromatic N) is 1. The summed E-state index contributed by atoms with van der Waals surface area (Å²) in [6.07, 6.45) is 0. The number of benzene rings is 2. The molecule has 0 saturated heterocycles. The van der Waals surface area contributed by atoms with Crippen LogP contribution < -0.4 is 5.73 Å². The largest absolute Gasteiger partial charge is 0.329 e. The van der Waals surface area contributed by atoms with Crippen LogP contribution in [0.2, 0.25) is 0 Å². The molecule has 2 N–H and O–H groups in total. The molecule has 0 saturated carbocycles. The van der Waals surface area contributed by atoms with Gasteiger partial charge in [-0.05, 0) is 34.2 Å². The van der Waals surface area contributed by atoms with Crippen molar-refractivity contribution in [3.05, 3.63) is 69.7 Å². The van der Waals surface area contributed by atoms with Crippen LogP contribution in [-0.2, 0) is 18.5 Å². The molecular formula is C20H27BrN2. The molecule has 0 atom stereocenters. The smallest absolute Gasteiger partial charge is 0.0238 e. The minimum Gasteiger partial charge on any atom is -0.329 e. The molecule has 124 valence electrons. The Morgan fingerprint density at radius 1 is 0.957 bits per heavy atom. The molecule has 0 radical (unpaired) electrons. The highest BCUT2D eigenvalue weighted by Gasteiger charge is 2.13. The molecule has 0 fully saturated rings. The van der Waals surface area contributed by atoms with Gasteiger partial charge in [-0.3, -0.25) is 4.90 Å². The van der Waals surface area contributed by atoms with Gasteiger partial charge in [0, 0.05) is 30.7 Å². The van der Waals surface area contributed by atoms with E-state index in [0.717, 1.165) is 24.1 Å². The molecule has 2 aromatic rings. The number of hydrogen-bond acceptors (Lipinski definition) is 2. The van der Waals surface area contributed by atoms with E-state index in [4.69, 9.17) is 5.73 Å². The van der Waals surface area contributed by atoms with Crippen LogP contribution in [0, 0.1) is 0 Å². The molecule has 0 aliphatic carbocycles. The summed E-state index contributed by atoms with van der Waals surface area (Å²) in [6.45, 7) is 10.1. The van der Waals surface area contributed by atoms with E-state index in [-0.39, 0.29) is 5.41 Å². The molecule has 0 aliphatic rings. The van der Waals surface area contributed by atoms with Gasteiger partial charge in [0.25, 0.3) is 0 Å². The SMILES string of the molecule is CC(C)(C)c1ccc(CN(CCN)Cc2cccc(Br)c2)cc1. The van der Waals surface area contributed by atoms with Gasteiger partial charge in [-0.2, -0.15) is 0 Å². The molecule has 23 heavy (non-hydrogen) atoms. The second-order valence-corrected chi connectivity index (χ2v) is 7.99. The second kappa shape index (κ2) is 8.09. The fourth-order valence-corrected chi connectivity index (χ4v) is 3.11. The Morgan fingerprint density at radius 3 is 2.17 bits per heavy atom. The summed E-state index contributed by atoms with van der Waals surface area (Å²) in [6, 6.07) is 17.4. The van der Waals surface area contributed by atoms with Crippen molar-refractivity contribution < 1.29 is 0 Å². The summed E-state index contributed by atoms with van der Waals surface area (Å²) >= 11 is 3.54. The standard InChI is InChI=1S/C20H27BrN2/c1-20(2,3)18-9-7-16(8-10-18)14-23(12-11-22)15-17-5-4-6-19(21)13-17/h4-10,13H,11-12,14-15,22H2,1-3H3. The van der Waals surface area contributed by atoms with Crippen molar-refractivity contribution in [3.8, 4) is 0 Å². The quantitative estimate of drug-likeness (QED) is 0.793. The molecule has 2 rings (SSSR count). The Hall–Kier alpha value is -1.16. The summed E-state index contributed by atoms with van der Waals surface area (Å²) in [5.41, 5.74) is 10.0. The molecule has 2 nitrogen and oxygen atoms in total. The molecule has 2 aromatic carbocycles. The van der Waals surface area contributed by atoms with Gasteiger partial charge in [-0.25, -0.2) is 0 Å². The zero-order valence-electron chi connectivity index (χ0n) is 14.3. The first-order valence-corrected chi connectivity index (χ1v) is 8.94. The van der Waals surface area contributed by atoms with Gasteiger partial charge < -0.3 is 5.73 Å². The van der Waals surface area contributed by atoms with E-state index in [1.165, 1.54) is 16.7 Å². The Morgan fingerprint density at radius 2 is 1.61 bits per heavy atom. The molecule has 0 bridgehead atoms. The molecule has 0 aromatic heterocycles. The number of hydrogen-bond donors (Lipinski definition) is 1. The van der Waals surface area contributed by atoms with Gasteiger partial charge in [0.2, 0.25) is 0 Å². The Labute approximate surface area is 148 Å². The third-order valence-corrected chi connectivity index (χ3v) is 4.46. The maximum absolute atomic E-state index is 5.80. The van der Waals surface area contributed by atoms with Crippen molar-refractivity contribution in [2.75, 3.05) is 13.1 Å². The summed E-state index contributed by atoms with van der Waals surface area (Å²) in [4.78, 5) is 2.40. The van der Waals surface area contributed by atoms with Crippen LogP contribution in [0.15, 0.2) is 53.0 Å². The topological polar surface area (TPSA) is 29.3 Å². The lowest BCUT2D eigenvalue weighted by Gasteiger charge is -2.23. The first-order chi connectivity index (χ1) is 10.9. The summed E-state index contributed by atoms with van der Waals surface area (Å²) in [7, 11) is 0. The van der Waals surface area contributed by atoms with E-state index in [0.29, 0.717) is 6.54 Å². The molecule has 0 aliphatic heterocycles. The van der Waals surface area contributed by atoms with Crippen LogP contribution in [0.5, 0.6) is 0 Å². The van der Waals surface area contributed by atoms with Crippen molar-refractivity contribution in [1.82, 2.24) is 4.90 Å². The Bertz CT molecular complexity index is 614. The van der Waals surface area contributed by atoms with E-state index in [9.17, 15) is 0 Å². The first kappa shape index (κ1) is 18.2. The van der Waals surface area contributed by atoms with Gasteiger partial charge in [0.1, 0.15) is 0 Å². The van der Waals surface area contributed by atoms with E-state index in [1.54, 1.807) is 0 Å². The molecule has 0 heterocycles. The van der Waals surface area contributed by atoms with Crippen LogP contribution in [-0.4, -0.2) is 18.0 Å². The zero-order valence-corrected chi connectivity index (χ0v) is 15.9.